The zero-order valence-corrected chi connectivity index (χ0v) is 80.4. The second-order valence-electron chi connectivity index (χ2n) is 38.1. The normalized spacial score (nSPS) is 11.8. The molecular formula is C136H86N12O. The summed E-state index contributed by atoms with van der Waals surface area (Å²) in [7, 11) is 0. The molecule has 0 aliphatic rings. The second kappa shape index (κ2) is 35.4. The summed E-state index contributed by atoms with van der Waals surface area (Å²) in [6, 6.07) is 172. The number of furan rings is 1. The Morgan fingerprint density at radius 2 is 0.430 bits per heavy atom. The zero-order chi connectivity index (χ0) is 98.1. The van der Waals surface area contributed by atoms with Crippen LogP contribution in [0.4, 0.5) is 0 Å². The lowest BCUT2D eigenvalue weighted by atomic mass is 9.98. The lowest BCUT2D eigenvalue weighted by molar-refractivity contribution is 0.669. The van der Waals surface area contributed by atoms with Crippen molar-refractivity contribution in [2.45, 2.75) is 0 Å². The number of rotatable bonds is 13. The van der Waals surface area contributed by atoms with Crippen LogP contribution in [-0.2, 0) is 0 Å². The van der Waals surface area contributed by atoms with Crippen LogP contribution in [0.2, 0.25) is 0 Å². The molecule has 0 saturated carbocycles. The number of hydrogen-bond donors (Lipinski definition) is 0. The Labute approximate surface area is 854 Å². The highest BCUT2D eigenvalue weighted by atomic mass is 16.3. The SMILES string of the molecule is c1ccc(-c2cnc(-n3c4ccccc4c4cc5c6ccccc6n(-c6cc(-c7ccccc7)cc(-c7ccccc7)c6)c5cc43)nc2)cc1.c1ccc(-c2cnc(-n3c4ccccc4c4cc5c6ccccc6n(-c6ccc(-c7ccc8ccccc8c7)cc6)c5cc43)nc2)cc1.c1ccc(-c2cnc(-n3c4ccccc4c4cc5c6ccccc6n(-c6cccc(-c7cccc8oc9ccccc9c78)c6)c5cc43)nc2)cc1. The molecule has 0 radical (unpaired) electrons. The third kappa shape index (κ3) is 14.5. The van der Waals surface area contributed by atoms with Gasteiger partial charge in [-0.15, -0.1) is 0 Å². The summed E-state index contributed by atoms with van der Waals surface area (Å²) in [6.45, 7) is 0. The van der Waals surface area contributed by atoms with E-state index in [1.54, 1.807) is 0 Å². The minimum atomic E-state index is 0.644. The Hall–Kier alpha value is -20.3. The number of benzene rings is 21. The van der Waals surface area contributed by atoms with Crippen LogP contribution in [-0.4, -0.2) is 57.3 Å². The first-order valence-corrected chi connectivity index (χ1v) is 50.3. The number of fused-ring (bicyclic) bond motifs is 22. The number of nitrogens with zero attached hydrogens (tertiary/aromatic N) is 12. The molecule has 0 unspecified atom stereocenters. The minimum absolute atomic E-state index is 0.644. The smallest absolute Gasteiger partial charge is 0.234 e. The van der Waals surface area contributed by atoms with Crippen LogP contribution in [0.15, 0.2) is 527 Å². The highest BCUT2D eigenvalue weighted by Crippen LogP contribution is 2.47. The zero-order valence-electron chi connectivity index (χ0n) is 80.4. The Morgan fingerprint density at radius 3 is 0.832 bits per heavy atom. The molecule has 13 heteroatoms. The Kier molecular flexibility index (Phi) is 20.3. The molecular weight excluding hydrogens is 1820 g/mol. The minimum Gasteiger partial charge on any atom is -0.456 e. The van der Waals surface area contributed by atoms with Crippen molar-refractivity contribution in [2.24, 2.45) is 0 Å². The average Bonchev–Trinajstić information content (AvgIpc) is 1.56. The van der Waals surface area contributed by atoms with Crippen LogP contribution >= 0.6 is 0 Å². The van der Waals surface area contributed by atoms with Crippen LogP contribution in [0.3, 0.4) is 0 Å². The first-order valence-electron chi connectivity index (χ1n) is 50.3. The summed E-state index contributed by atoms with van der Waals surface area (Å²) in [5.41, 5.74) is 34.2. The van der Waals surface area contributed by atoms with Gasteiger partial charge in [-0.05, 0) is 205 Å². The summed E-state index contributed by atoms with van der Waals surface area (Å²) in [4.78, 5) is 29.5. The fourth-order valence-electron chi connectivity index (χ4n) is 22.8. The third-order valence-electron chi connectivity index (χ3n) is 29.7. The Balaban J connectivity index is 0.000000105. The molecule has 0 aliphatic heterocycles. The van der Waals surface area contributed by atoms with E-state index in [1.165, 1.54) is 120 Å². The maximum absolute atomic E-state index is 6.26. The van der Waals surface area contributed by atoms with Gasteiger partial charge in [0.25, 0.3) is 0 Å². The van der Waals surface area contributed by atoms with Crippen LogP contribution in [0.25, 0.3) is 276 Å². The van der Waals surface area contributed by atoms with Crippen molar-refractivity contribution in [3.63, 3.8) is 0 Å². The lowest BCUT2D eigenvalue weighted by Gasteiger charge is -2.14. The van der Waals surface area contributed by atoms with E-state index in [-0.39, 0.29) is 0 Å². The van der Waals surface area contributed by atoms with Crippen molar-refractivity contribution < 1.29 is 4.42 Å². The van der Waals surface area contributed by atoms with Crippen molar-refractivity contribution in [1.29, 1.82) is 0 Å². The van der Waals surface area contributed by atoms with Crippen LogP contribution in [0.5, 0.6) is 0 Å². The molecule has 696 valence electrons. The molecule has 0 bridgehead atoms. The predicted octanol–water partition coefficient (Wildman–Crippen LogP) is 34.7. The van der Waals surface area contributed by atoms with Crippen molar-refractivity contribution in [1.82, 2.24) is 57.3 Å². The van der Waals surface area contributed by atoms with Gasteiger partial charge in [0.1, 0.15) is 11.2 Å². The second-order valence-corrected chi connectivity index (χ2v) is 38.1. The van der Waals surface area contributed by atoms with Gasteiger partial charge in [0.05, 0.1) is 66.2 Å². The topological polar surface area (TPSA) is 120 Å². The summed E-state index contributed by atoms with van der Waals surface area (Å²) in [5, 5.41) is 19.1. The molecule has 31 rings (SSSR count). The Bertz CT molecular complexity index is 10600. The average molecular weight is 1900 g/mol. The van der Waals surface area contributed by atoms with Crippen molar-refractivity contribution in [2.75, 3.05) is 0 Å². The van der Waals surface area contributed by atoms with Crippen molar-refractivity contribution in [3.8, 4) is 113 Å². The monoisotopic (exact) mass is 1900 g/mol. The predicted molar refractivity (Wildman–Crippen MR) is 615 cm³/mol. The van der Waals surface area contributed by atoms with Crippen LogP contribution in [0.1, 0.15) is 0 Å². The van der Waals surface area contributed by atoms with E-state index < -0.39 is 0 Å². The molecule has 0 amide bonds. The molecule has 0 aliphatic carbocycles. The van der Waals surface area contributed by atoms with E-state index in [0.717, 1.165) is 139 Å². The van der Waals surface area contributed by atoms with Gasteiger partial charge in [0, 0.05) is 146 Å². The van der Waals surface area contributed by atoms with Crippen molar-refractivity contribution >= 4 is 164 Å². The summed E-state index contributed by atoms with van der Waals surface area (Å²) in [5.74, 6) is 1.95. The summed E-state index contributed by atoms with van der Waals surface area (Å²) < 4.78 is 20.1. The van der Waals surface area contributed by atoms with E-state index in [4.69, 9.17) is 34.3 Å². The van der Waals surface area contributed by atoms with Gasteiger partial charge in [0.15, 0.2) is 0 Å². The van der Waals surface area contributed by atoms with E-state index in [1.807, 2.05) is 104 Å². The van der Waals surface area contributed by atoms with Crippen LogP contribution < -0.4 is 0 Å². The molecule has 0 spiro atoms. The highest BCUT2D eigenvalue weighted by molar-refractivity contribution is 6.23. The molecule has 13 nitrogen and oxygen atoms in total. The third-order valence-corrected chi connectivity index (χ3v) is 29.7. The van der Waals surface area contributed by atoms with E-state index >= 15 is 0 Å². The van der Waals surface area contributed by atoms with Gasteiger partial charge in [-0.1, -0.05) is 352 Å². The molecule has 10 aromatic heterocycles. The van der Waals surface area contributed by atoms with E-state index in [0.29, 0.717) is 17.8 Å². The molecule has 0 fully saturated rings. The van der Waals surface area contributed by atoms with Crippen LogP contribution in [0, 0.1) is 0 Å². The lowest BCUT2D eigenvalue weighted by Crippen LogP contribution is -2.01. The van der Waals surface area contributed by atoms with E-state index in [9.17, 15) is 0 Å². The number of aromatic nitrogens is 12. The van der Waals surface area contributed by atoms with Gasteiger partial charge >= 0.3 is 0 Å². The van der Waals surface area contributed by atoms with Gasteiger partial charge in [-0.25, -0.2) is 29.9 Å². The number of hydrogen-bond acceptors (Lipinski definition) is 7. The summed E-state index contributed by atoms with van der Waals surface area (Å²) >= 11 is 0. The Morgan fingerprint density at radius 1 is 0.141 bits per heavy atom. The fraction of sp³-hybridized carbons (Fsp3) is 0. The molecule has 0 N–H and O–H groups in total. The summed E-state index contributed by atoms with van der Waals surface area (Å²) in [6.07, 6.45) is 11.5. The maximum Gasteiger partial charge on any atom is 0.234 e. The van der Waals surface area contributed by atoms with Crippen molar-refractivity contribution in [3.05, 3.63) is 522 Å². The quantitative estimate of drug-likeness (QED) is 0.113. The largest absolute Gasteiger partial charge is 0.456 e. The molecule has 21 aromatic carbocycles. The number of para-hydroxylation sites is 7. The van der Waals surface area contributed by atoms with Gasteiger partial charge in [-0.2, -0.15) is 0 Å². The molecule has 0 atom stereocenters. The molecule has 0 saturated heterocycles. The molecule has 31 aromatic rings. The first kappa shape index (κ1) is 85.5. The standard InChI is InChI=1S/C46H28N4O.C46H30N4.C44H28N4/c1-2-12-29(13-3-1)31-27-47-46(48-28-31)50-40-21-8-5-17-35(40)38-25-37-34-16-4-7-20-39(34)49(41(37)26-42(38)50)32-15-10-14-30(24-32)33-19-11-23-44-45(33)36-18-6-9-22-43(36)51-44;1-4-14-31(15-5-1)34-24-35(32-16-6-2-7-17-32)26-37(25-34)49-42-22-12-10-20-38(42)40-27-41-39-21-11-13-23-43(39)50(45(41)28-44(40)49)46-47-29-36(30-48-46)33-18-8-3-9-19-33;1-2-10-29(11-3-1)34-27-45-44(46-28-34)48-41-17-9-7-15-37(41)39-25-38-36-14-6-8-16-40(36)47(42(38)26-43(39)48)35-22-20-31(21-23-35)33-19-18-30-12-4-5-13-32(30)24-33/h1-28H;1-30H;1-28H. The highest BCUT2D eigenvalue weighted by Gasteiger charge is 2.27. The van der Waals surface area contributed by atoms with E-state index in [2.05, 4.69) is 446 Å². The molecule has 149 heavy (non-hydrogen) atoms. The van der Waals surface area contributed by atoms with Gasteiger partial charge in [-0.3, -0.25) is 13.7 Å². The fourth-order valence-corrected chi connectivity index (χ4v) is 22.8. The maximum atomic E-state index is 6.26. The van der Waals surface area contributed by atoms with Gasteiger partial charge in [0.2, 0.25) is 17.8 Å². The van der Waals surface area contributed by atoms with Gasteiger partial charge < -0.3 is 18.1 Å². The first-order chi connectivity index (χ1) is 73.9. The molecule has 10 heterocycles.